The fourth-order valence-corrected chi connectivity index (χ4v) is 2.98. The lowest BCUT2D eigenvalue weighted by molar-refractivity contribution is 0.0809. The molecule has 1 fully saturated rings. The largest absolute Gasteiger partial charge is 0.494 e. The predicted molar refractivity (Wildman–Crippen MR) is 77.7 cm³/mol. The first-order valence-electron chi connectivity index (χ1n) is 7.13. The van der Waals surface area contributed by atoms with Gasteiger partial charge in [-0.2, -0.15) is 0 Å². The highest BCUT2D eigenvalue weighted by atomic mass is 16.5. The number of nitrogens with two attached hydrogens (primary N) is 1. The minimum atomic E-state index is -0.302. The predicted octanol–water partition coefficient (Wildman–Crippen LogP) is 1.73. The van der Waals surface area contributed by atoms with Crippen LogP contribution in [0, 0.1) is 5.92 Å². The molecular weight excluding hydrogens is 254 g/mol. The molecule has 0 aromatic carbocycles. The fourth-order valence-electron chi connectivity index (χ4n) is 2.98. The van der Waals surface area contributed by atoms with E-state index < -0.39 is 0 Å². The molecule has 1 aliphatic carbocycles. The SMILES string of the molecule is COc1cnccc1C(=O)NC1(CN)CCCCC1C. The Balaban J connectivity index is 2.21. The molecule has 1 aromatic heterocycles. The molecule has 5 heteroatoms. The van der Waals surface area contributed by atoms with Crippen molar-refractivity contribution in [3.63, 3.8) is 0 Å². The number of aromatic nitrogens is 1. The van der Waals surface area contributed by atoms with E-state index in [2.05, 4.69) is 17.2 Å². The normalized spacial score (nSPS) is 26.1. The molecule has 2 rings (SSSR count). The summed E-state index contributed by atoms with van der Waals surface area (Å²) in [5.41, 5.74) is 6.17. The number of carbonyl (C=O) groups excluding carboxylic acids is 1. The summed E-state index contributed by atoms with van der Waals surface area (Å²) in [5.74, 6) is 0.738. The highest BCUT2D eigenvalue weighted by molar-refractivity contribution is 5.97. The van der Waals surface area contributed by atoms with Crippen LogP contribution in [0.3, 0.4) is 0 Å². The van der Waals surface area contributed by atoms with Crippen LogP contribution in [-0.4, -0.2) is 30.1 Å². The molecule has 1 heterocycles. The number of amides is 1. The molecule has 0 saturated heterocycles. The monoisotopic (exact) mass is 277 g/mol. The zero-order valence-electron chi connectivity index (χ0n) is 12.2. The first-order valence-corrected chi connectivity index (χ1v) is 7.13. The molecule has 1 saturated carbocycles. The Morgan fingerprint density at radius 1 is 1.60 bits per heavy atom. The smallest absolute Gasteiger partial charge is 0.255 e. The van der Waals surface area contributed by atoms with Gasteiger partial charge in [0.25, 0.3) is 5.91 Å². The van der Waals surface area contributed by atoms with Crippen LogP contribution >= 0.6 is 0 Å². The molecule has 1 aliphatic rings. The highest BCUT2D eigenvalue weighted by Crippen LogP contribution is 2.33. The average molecular weight is 277 g/mol. The summed E-state index contributed by atoms with van der Waals surface area (Å²) in [6.07, 6.45) is 7.49. The highest BCUT2D eigenvalue weighted by Gasteiger charge is 2.38. The molecule has 1 aromatic rings. The van der Waals surface area contributed by atoms with Crippen LogP contribution in [0.2, 0.25) is 0 Å². The number of hydrogen-bond donors (Lipinski definition) is 2. The van der Waals surface area contributed by atoms with Gasteiger partial charge in [-0.3, -0.25) is 9.78 Å². The van der Waals surface area contributed by atoms with Crippen molar-refractivity contribution in [1.29, 1.82) is 0 Å². The summed E-state index contributed by atoms with van der Waals surface area (Å²) < 4.78 is 5.19. The quantitative estimate of drug-likeness (QED) is 0.878. The molecule has 2 atom stereocenters. The maximum absolute atomic E-state index is 12.5. The Kier molecular flexibility index (Phi) is 4.60. The van der Waals surface area contributed by atoms with Gasteiger partial charge in [-0.15, -0.1) is 0 Å². The summed E-state index contributed by atoms with van der Waals surface area (Å²) >= 11 is 0. The molecular formula is C15H23N3O2. The van der Waals surface area contributed by atoms with Gasteiger partial charge in [-0.1, -0.05) is 19.8 Å². The summed E-state index contributed by atoms with van der Waals surface area (Å²) in [4.78, 5) is 16.5. The van der Waals surface area contributed by atoms with Gasteiger partial charge in [0.1, 0.15) is 5.75 Å². The van der Waals surface area contributed by atoms with E-state index >= 15 is 0 Å². The van der Waals surface area contributed by atoms with E-state index in [9.17, 15) is 4.79 Å². The molecule has 5 nitrogen and oxygen atoms in total. The van der Waals surface area contributed by atoms with E-state index in [1.165, 1.54) is 13.5 Å². The van der Waals surface area contributed by atoms with E-state index in [-0.39, 0.29) is 11.4 Å². The number of nitrogens with zero attached hydrogens (tertiary/aromatic N) is 1. The molecule has 20 heavy (non-hydrogen) atoms. The molecule has 0 radical (unpaired) electrons. The van der Waals surface area contributed by atoms with Crippen LogP contribution in [0.4, 0.5) is 0 Å². The van der Waals surface area contributed by atoms with Crippen molar-refractivity contribution in [2.24, 2.45) is 11.7 Å². The van der Waals surface area contributed by atoms with Gasteiger partial charge in [0.15, 0.2) is 0 Å². The third-order valence-corrected chi connectivity index (χ3v) is 4.43. The summed E-state index contributed by atoms with van der Waals surface area (Å²) in [6, 6.07) is 1.67. The number of rotatable bonds is 4. The molecule has 0 aliphatic heterocycles. The van der Waals surface area contributed by atoms with Gasteiger partial charge >= 0.3 is 0 Å². The van der Waals surface area contributed by atoms with E-state index in [0.717, 1.165) is 19.3 Å². The number of methoxy groups -OCH3 is 1. The Bertz CT molecular complexity index is 478. The number of hydrogen-bond acceptors (Lipinski definition) is 4. The lowest BCUT2D eigenvalue weighted by Crippen LogP contribution is -2.59. The fraction of sp³-hybridized carbons (Fsp3) is 0.600. The van der Waals surface area contributed by atoms with Crippen molar-refractivity contribution >= 4 is 5.91 Å². The van der Waals surface area contributed by atoms with Crippen LogP contribution in [0.25, 0.3) is 0 Å². The second-order valence-corrected chi connectivity index (χ2v) is 5.54. The minimum Gasteiger partial charge on any atom is -0.494 e. The summed E-state index contributed by atoms with van der Waals surface area (Å²) in [7, 11) is 1.54. The van der Waals surface area contributed by atoms with Crippen molar-refractivity contribution in [3.05, 3.63) is 24.0 Å². The molecule has 0 spiro atoms. The third-order valence-electron chi connectivity index (χ3n) is 4.43. The van der Waals surface area contributed by atoms with Crippen LogP contribution in [0.1, 0.15) is 43.0 Å². The summed E-state index contributed by atoms with van der Waals surface area (Å²) in [6.45, 7) is 2.63. The Hall–Kier alpha value is -1.62. The molecule has 110 valence electrons. The van der Waals surface area contributed by atoms with Crippen LogP contribution in [-0.2, 0) is 0 Å². The Morgan fingerprint density at radius 2 is 2.40 bits per heavy atom. The second-order valence-electron chi connectivity index (χ2n) is 5.54. The van der Waals surface area contributed by atoms with Crippen LogP contribution < -0.4 is 15.8 Å². The molecule has 3 N–H and O–H groups in total. The first-order chi connectivity index (χ1) is 9.63. The van der Waals surface area contributed by atoms with Gasteiger partial charge in [0, 0.05) is 12.7 Å². The van der Waals surface area contributed by atoms with E-state index in [0.29, 0.717) is 23.8 Å². The number of nitrogens with one attached hydrogen (secondary N) is 1. The summed E-state index contributed by atoms with van der Waals surface area (Å²) in [5, 5.41) is 3.15. The minimum absolute atomic E-state index is 0.136. The number of carbonyl (C=O) groups is 1. The average Bonchev–Trinajstić information content (AvgIpc) is 2.49. The second kappa shape index (κ2) is 6.22. The number of ether oxygens (including phenoxy) is 1. The Morgan fingerprint density at radius 3 is 3.05 bits per heavy atom. The lowest BCUT2D eigenvalue weighted by atomic mass is 9.73. The van der Waals surface area contributed by atoms with Crippen molar-refractivity contribution < 1.29 is 9.53 Å². The van der Waals surface area contributed by atoms with Gasteiger partial charge in [0.05, 0.1) is 24.4 Å². The van der Waals surface area contributed by atoms with Gasteiger partial charge in [-0.05, 0) is 24.8 Å². The van der Waals surface area contributed by atoms with E-state index in [1.54, 1.807) is 18.5 Å². The molecule has 0 bridgehead atoms. The lowest BCUT2D eigenvalue weighted by Gasteiger charge is -2.42. The van der Waals surface area contributed by atoms with E-state index in [1.807, 2.05) is 0 Å². The van der Waals surface area contributed by atoms with Crippen molar-refractivity contribution in [2.45, 2.75) is 38.1 Å². The molecule has 2 unspecified atom stereocenters. The standard InChI is InChI=1S/C15H23N3O2/c1-11-5-3-4-7-15(11,10-16)18-14(19)12-6-8-17-9-13(12)20-2/h6,8-9,11H,3-5,7,10,16H2,1-2H3,(H,18,19). The Labute approximate surface area is 119 Å². The van der Waals surface area contributed by atoms with Gasteiger partial charge in [0.2, 0.25) is 0 Å². The van der Waals surface area contributed by atoms with Crippen molar-refractivity contribution in [2.75, 3.05) is 13.7 Å². The van der Waals surface area contributed by atoms with Crippen LogP contribution in [0.15, 0.2) is 18.5 Å². The maximum Gasteiger partial charge on any atom is 0.255 e. The zero-order chi connectivity index (χ0) is 14.6. The van der Waals surface area contributed by atoms with Crippen LogP contribution in [0.5, 0.6) is 5.75 Å². The maximum atomic E-state index is 12.5. The first kappa shape index (κ1) is 14.8. The topological polar surface area (TPSA) is 77.2 Å². The van der Waals surface area contributed by atoms with Crippen molar-refractivity contribution in [1.82, 2.24) is 10.3 Å². The zero-order valence-corrected chi connectivity index (χ0v) is 12.2. The molecule has 1 amide bonds. The number of pyridine rings is 1. The van der Waals surface area contributed by atoms with Crippen molar-refractivity contribution in [3.8, 4) is 5.75 Å². The van der Waals surface area contributed by atoms with E-state index in [4.69, 9.17) is 10.5 Å². The van der Waals surface area contributed by atoms with Gasteiger partial charge < -0.3 is 15.8 Å². The van der Waals surface area contributed by atoms with Gasteiger partial charge in [-0.25, -0.2) is 0 Å². The third kappa shape index (κ3) is 2.77.